The molecule has 3 aliphatic heterocycles. The Morgan fingerprint density at radius 2 is 1.85 bits per heavy atom. The molecule has 0 bridgehead atoms. The Balaban J connectivity index is 1.41. The van der Waals surface area contributed by atoms with Gasteiger partial charge in [0.2, 0.25) is 0 Å². The SMILES string of the molecule is C=CC[C@@]1(OC)C[C@@H](C)CN[C@H](C)[C@H]2N(CCCCn3cc(-c4cccc(N)c4)nn3)C(=O)O[C@]2(C)[C@@H](CC)OC(=O)C(C)C(=O)[C@@H](C)[C@H]1O[C@@H]1O[C@H](C)CC(N(C)C)C1O. The van der Waals surface area contributed by atoms with Gasteiger partial charge in [-0.1, -0.05) is 44.2 Å². The summed E-state index contributed by atoms with van der Waals surface area (Å²) in [6.45, 7) is 18.5. The summed E-state index contributed by atoms with van der Waals surface area (Å²) >= 11 is 0. The third-order valence-electron chi connectivity index (χ3n) is 13.1. The van der Waals surface area contributed by atoms with E-state index in [2.05, 4.69) is 29.1 Å². The number of esters is 1. The fourth-order valence-electron chi connectivity index (χ4n) is 9.78. The molecule has 0 aliphatic carbocycles. The molecule has 3 unspecified atom stereocenters. The Bertz CT molecular complexity index is 1810. The average molecular weight is 854 g/mol. The first kappa shape index (κ1) is 48.1. The van der Waals surface area contributed by atoms with E-state index in [-0.39, 0.29) is 24.1 Å². The van der Waals surface area contributed by atoms with E-state index in [1.807, 2.05) is 77.2 Å². The van der Waals surface area contributed by atoms with E-state index < -0.39 is 71.5 Å². The van der Waals surface area contributed by atoms with Gasteiger partial charge in [0.25, 0.3) is 0 Å². The molecule has 61 heavy (non-hydrogen) atoms. The number of aliphatic hydroxyl groups excluding tert-OH is 1. The molecule has 13 atom stereocenters. The number of anilines is 1. The highest BCUT2D eigenvalue weighted by Gasteiger charge is 2.59. The van der Waals surface area contributed by atoms with Gasteiger partial charge in [-0.15, -0.1) is 11.7 Å². The number of nitrogens with one attached hydrogen (secondary N) is 1. The number of aliphatic hydroxyl groups is 1. The van der Waals surface area contributed by atoms with Crippen molar-refractivity contribution >= 4 is 23.5 Å². The molecular formula is C45H71N7O9. The summed E-state index contributed by atoms with van der Waals surface area (Å²) in [5.74, 6) is -3.30. The van der Waals surface area contributed by atoms with Crippen molar-refractivity contribution in [1.82, 2.24) is 30.1 Å². The number of nitrogens with two attached hydrogens (primary N) is 1. The fraction of sp³-hybridized carbons (Fsp3) is 0.711. The summed E-state index contributed by atoms with van der Waals surface area (Å²) in [5, 5.41) is 23.9. The lowest BCUT2D eigenvalue weighted by Gasteiger charge is -2.47. The maximum atomic E-state index is 14.6. The number of fused-ring (bicyclic) bond motifs is 1. The van der Waals surface area contributed by atoms with Crippen LogP contribution in [0.4, 0.5) is 10.5 Å². The number of carbonyl (C=O) groups is 3. The maximum Gasteiger partial charge on any atom is 0.410 e. The first-order valence-electron chi connectivity index (χ1n) is 21.9. The highest BCUT2D eigenvalue weighted by Crippen LogP contribution is 2.41. The number of likely N-dealkylation sites (N-methyl/N-ethyl adjacent to an activating group) is 1. The Morgan fingerprint density at radius 3 is 2.51 bits per heavy atom. The van der Waals surface area contributed by atoms with E-state index in [0.717, 1.165) is 11.3 Å². The van der Waals surface area contributed by atoms with Gasteiger partial charge in [0, 0.05) is 49.5 Å². The van der Waals surface area contributed by atoms with E-state index in [1.54, 1.807) is 29.7 Å². The van der Waals surface area contributed by atoms with Crippen LogP contribution in [0, 0.1) is 17.8 Å². The molecule has 16 nitrogen and oxygen atoms in total. The van der Waals surface area contributed by atoms with Gasteiger partial charge in [-0.3, -0.25) is 19.2 Å². The highest BCUT2D eigenvalue weighted by molar-refractivity contribution is 6.00. The van der Waals surface area contributed by atoms with Crippen LogP contribution in [0.25, 0.3) is 11.3 Å². The zero-order valence-electron chi connectivity index (χ0n) is 37.9. The van der Waals surface area contributed by atoms with E-state index in [1.165, 1.54) is 6.92 Å². The van der Waals surface area contributed by atoms with Crippen LogP contribution in [0.15, 0.2) is 43.1 Å². The van der Waals surface area contributed by atoms with Crippen molar-refractivity contribution in [3.05, 3.63) is 43.1 Å². The topological polar surface area (TPSA) is 193 Å². The smallest absolute Gasteiger partial charge is 0.410 e. The van der Waals surface area contributed by atoms with Gasteiger partial charge in [0.1, 0.15) is 23.8 Å². The number of aryl methyl sites for hydroxylation is 1. The van der Waals surface area contributed by atoms with Crippen molar-refractivity contribution < 1.29 is 43.2 Å². The quantitative estimate of drug-likeness (QED) is 0.0815. The lowest BCUT2D eigenvalue weighted by molar-refractivity contribution is -0.297. The highest BCUT2D eigenvalue weighted by atomic mass is 16.7. The number of unbranched alkanes of at least 4 members (excludes halogenated alkanes) is 1. The van der Waals surface area contributed by atoms with Crippen molar-refractivity contribution in [3.8, 4) is 11.3 Å². The van der Waals surface area contributed by atoms with E-state index >= 15 is 0 Å². The summed E-state index contributed by atoms with van der Waals surface area (Å²) in [4.78, 5) is 46.2. The zero-order valence-corrected chi connectivity index (χ0v) is 37.9. The standard InChI is InChI=1S/C45H71N7O9/c1-12-19-45(57-11)24-27(3)25-47-31(7)39-44(8,61-43(56)52(39)21-15-14-20-51-26-34(48-49-51)32-17-16-18-33(46)23-32)36(13-2)59-41(55)30(6)37(53)29(5)40(45)60-42-38(54)35(50(9)10)22-28(4)58-42/h12,16-18,23,26-31,35-36,38-40,42,47,54H,1,13-15,19-22,24-25,46H2,2-11H3/t27-,28-,29-,30?,31-,35?,36-,38?,39-,40-,42+,44-,45-/m1/s1. The average Bonchev–Trinajstić information content (AvgIpc) is 3.80. The second-order valence-corrected chi connectivity index (χ2v) is 18.0. The van der Waals surface area contributed by atoms with Gasteiger partial charge < -0.3 is 44.7 Å². The minimum absolute atomic E-state index is 0.0542. The van der Waals surface area contributed by atoms with Crippen LogP contribution < -0.4 is 11.1 Å². The summed E-state index contributed by atoms with van der Waals surface area (Å²) < 4.78 is 33.7. The number of cyclic esters (lactones) is 1. The molecule has 4 N–H and O–H groups in total. The second kappa shape index (κ2) is 20.5. The molecule has 1 aromatic carbocycles. The zero-order chi connectivity index (χ0) is 44.8. The Kier molecular flexibility index (Phi) is 16.2. The number of aromatic nitrogens is 3. The molecule has 4 heterocycles. The Hall–Kier alpha value is -3.93. The van der Waals surface area contributed by atoms with Gasteiger partial charge >= 0.3 is 12.1 Å². The lowest BCUT2D eigenvalue weighted by atomic mass is 9.75. The number of ether oxygens (including phenoxy) is 5. The number of benzene rings is 1. The van der Waals surface area contributed by atoms with Crippen LogP contribution >= 0.6 is 0 Å². The molecule has 1 amide bonds. The predicted octanol–water partition coefficient (Wildman–Crippen LogP) is 4.84. The second-order valence-electron chi connectivity index (χ2n) is 18.0. The number of Topliss-reactive ketones (excluding diaryl/α,β-unsaturated/α-hetero) is 1. The van der Waals surface area contributed by atoms with Crippen LogP contribution in [-0.4, -0.2) is 142 Å². The number of nitrogen functional groups attached to an aromatic ring is 1. The molecule has 5 rings (SSSR count). The van der Waals surface area contributed by atoms with Gasteiger partial charge in [0.05, 0.1) is 30.0 Å². The first-order chi connectivity index (χ1) is 28.9. The number of carbonyl (C=O) groups excluding carboxylic acids is 3. The third-order valence-corrected chi connectivity index (χ3v) is 13.1. The lowest BCUT2D eigenvalue weighted by Crippen LogP contribution is -2.61. The first-order valence-corrected chi connectivity index (χ1v) is 21.9. The molecule has 2 aromatic rings. The van der Waals surface area contributed by atoms with Gasteiger partial charge in [-0.25, -0.2) is 4.79 Å². The monoisotopic (exact) mass is 854 g/mol. The third kappa shape index (κ3) is 10.6. The van der Waals surface area contributed by atoms with Crippen molar-refractivity contribution in [2.24, 2.45) is 17.8 Å². The summed E-state index contributed by atoms with van der Waals surface area (Å²) in [6, 6.07) is 6.39. The van der Waals surface area contributed by atoms with Gasteiger partial charge in [0.15, 0.2) is 17.7 Å². The van der Waals surface area contributed by atoms with Crippen LogP contribution in [0.1, 0.15) is 87.0 Å². The van der Waals surface area contributed by atoms with E-state index in [0.29, 0.717) is 63.8 Å². The van der Waals surface area contributed by atoms with E-state index in [9.17, 15) is 19.5 Å². The number of nitrogens with zero attached hydrogens (tertiary/aromatic N) is 5. The number of methoxy groups -OCH3 is 1. The molecule has 0 spiro atoms. The van der Waals surface area contributed by atoms with Crippen LogP contribution in [0.2, 0.25) is 0 Å². The Morgan fingerprint density at radius 1 is 1.13 bits per heavy atom. The normalized spacial score (nSPS) is 35.6. The van der Waals surface area contributed by atoms with Crippen molar-refractivity contribution in [2.75, 3.05) is 40.0 Å². The van der Waals surface area contributed by atoms with Crippen molar-refractivity contribution in [1.29, 1.82) is 0 Å². The van der Waals surface area contributed by atoms with Crippen molar-refractivity contribution in [3.63, 3.8) is 0 Å². The molecule has 340 valence electrons. The summed E-state index contributed by atoms with van der Waals surface area (Å²) in [5.41, 5.74) is 5.87. The molecule has 16 heteroatoms. The maximum absolute atomic E-state index is 14.6. The number of amides is 1. The van der Waals surface area contributed by atoms with E-state index in [4.69, 9.17) is 29.4 Å². The van der Waals surface area contributed by atoms with Gasteiger partial charge in [-0.2, -0.15) is 0 Å². The number of hydrogen-bond donors (Lipinski definition) is 3. The molecule has 3 aliphatic rings. The van der Waals surface area contributed by atoms with Gasteiger partial charge in [-0.05, 0) is 105 Å². The van der Waals surface area contributed by atoms with Crippen LogP contribution in [0.5, 0.6) is 0 Å². The minimum Gasteiger partial charge on any atom is -0.458 e. The Labute approximate surface area is 361 Å². The fourth-order valence-corrected chi connectivity index (χ4v) is 9.78. The summed E-state index contributed by atoms with van der Waals surface area (Å²) in [7, 11) is 5.39. The number of rotatable bonds is 13. The van der Waals surface area contributed by atoms with Crippen LogP contribution in [0.3, 0.4) is 0 Å². The molecular weight excluding hydrogens is 783 g/mol. The summed E-state index contributed by atoms with van der Waals surface area (Å²) in [6.07, 6.45) is 2.02. The number of ketones is 1. The molecule has 3 fully saturated rings. The molecule has 1 aromatic heterocycles. The van der Waals surface area contributed by atoms with Crippen LogP contribution in [-0.2, 0) is 39.8 Å². The minimum atomic E-state index is -1.25. The molecule has 3 saturated heterocycles. The number of hydrogen-bond acceptors (Lipinski definition) is 14. The molecule has 0 radical (unpaired) electrons. The molecule has 0 saturated carbocycles. The largest absolute Gasteiger partial charge is 0.458 e. The predicted molar refractivity (Wildman–Crippen MR) is 231 cm³/mol. The van der Waals surface area contributed by atoms with Crippen molar-refractivity contribution in [2.45, 2.75) is 154 Å².